The van der Waals surface area contributed by atoms with Crippen LogP contribution in [0.5, 0.6) is 11.5 Å². The van der Waals surface area contributed by atoms with Gasteiger partial charge in [0.1, 0.15) is 28.8 Å². The molecule has 0 atom stereocenters. The Bertz CT molecular complexity index is 1830. The number of carbonyl (C=O) groups excluding carboxylic acids is 1. The molecule has 1 amide bonds. The molecule has 4 aromatic rings. The fourth-order valence-corrected chi connectivity index (χ4v) is 4.78. The van der Waals surface area contributed by atoms with Gasteiger partial charge >= 0.3 is 0 Å². The summed E-state index contributed by atoms with van der Waals surface area (Å²) in [7, 11) is 6.49. The Balaban J connectivity index is 1.66. The molecule has 2 aromatic carbocycles. The number of benzene rings is 2. The number of aryl methyl sites for hydroxylation is 2. The second kappa shape index (κ2) is 13.6. The molecule has 0 aliphatic carbocycles. The lowest BCUT2D eigenvalue weighted by atomic mass is 10.0. The van der Waals surface area contributed by atoms with Crippen molar-refractivity contribution >= 4 is 40.2 Å². The van der Waals surface area contributed by atoms with Gasteiger partial charge in [0.2, 0.25) is 5.95 Å². The van der Waals surface area contributed by atoms with Crippen molar-refractivity contribution in [3.8, 4) is 28.7 Å². The predicted octanol–water partition coefficient (Wildman–Crippen LogP) is 4.80. The average Bonchev–Trinajstić information content (AvgIpc) is 3.03. The van der Waals surface area contributed by atoms with Gasteiger partial charge in [0.25, 0.3) is 11.5 Å². The second-order valence-corrected chi connectivity index (χ2v) is 10.8. The Morgan fingerprint density at radius 1 is 1.11 bits per heavy atom. The Labute approximate surface area is 260 Å². The molecule has 2 aromatic heterocycles. The van der Waals surface area contributed by atoms with Gasteiger partial charge in [-0.1, -0.05) is 23.7 Å². The zero-order valence-corrected chi connectivity index (χ0v) is 26.2. The van der Waals surface area contributed by atoms with Gasteiger partial charge in [-0.15, -0.1) is 0 Å². The quantitative estimate of drug-likeness (QED) is 0.160. The number of amides is 1. The van der Waals surface area contributed by atoms with Crippen LogP contribution in [-0.4, -0.2) is 54.3 Å². The monoisotopic (exact) mass is 615 g/mol. The fourth-order valence-electron chi connectivity index (χ4n) is 4.49. The highest BCUT2D eigenvalue weighted by Gasteiger charge is 2.20. The SMILES string of the molecule is CNc1ncc2cc(-c3cc(OC)cc(OC)c3Cl)c(=O)n(CCc3ccc(NC(=O)/C(C#N)=C/C(C)(C)NC)cc3)c2n1. The van der Waals surface area contributed by atoms with Crippen LogP contribution in [-0.2, 0) is 17.8 Å². The third kappa shape index (κ3) is 6.99. The molecular formula is C32H34ClN7O4. The van der Waals surface area contributed by atoms with Crippen molar-refractivity contribution in [2.75, 3.05) is 38.9 Å². The van der Waals surface area contributed by atoms with Crippen LogP contribution in [0.15, 0.2) is 65.1 Å². The van der Waals surface area contributed by atoms with Gasteiger partial charge in [0.05, 0.1) is 19.2 Å². The van der Waals surface area contributed by atoms with Gasteiger partial charge in [0, 0.05) is 53.6 Å². The first-order valence-electron chi connectivity index (χ1n) is 13.8. The van der Waals surface area contributed by atoms with Crippen LogP contribution in [0.3, 0.4) is 0 Å². The minimum absolute atomic E-state index is 0.0104. The van der Waals surface area contributed by atoms with E-state index in [1.165, 1.54) is 14.2 Å². The second-order valence-electron chi connectivity index (χ2n) is 10.5. The maximum atomic E-state index is 14.0. The number of ether oxygens (including phenoxy) is 2. The van der Waals surface area contributed by atoms with Crippen molar-refractivity contribution in [3.05, 3.63) is 81.3 Å². The summed E-state index contributed by atoms with van der Waals surface area (Å²) in [6.45, 7) is 4.03. The summed E-state index contributed by atoms with van der Waals surface area (Å²) in [5.74, 6) is 0.753. The molecule has 4 rings (SSSR count). The van der Waals surface area contributed by atoms with E-state index in [4.69, 9.17) is 21.1 Å². The van der Waals surface area contributed by atoms with Crippen molar-refractivity contribution in [2.24, 2.45) is 0 Å². The standard InChI is InChI=1S/C32H34ClN7O4/c1-32(2,36-4)16-21(17-34)29(41)38-22-9-7-19(8-10-22)11-12-40-28-20(18-37-31(35-3)39-28)13-25(30(40)42)24-14-23(43-5)15-26(44-6)27(24)33/h7-10,13-16,18,36H,11-12H2,1-6H3,(H,38,41)(H,35,37,39)/b21-16+. The molecule has 0 spiro atoms. The number of nitrogens with zero attached hydrogens (tertiary/aromatic N) is 4. The van der Waals surface area contributed by atoms with Crippen LogP contribution in [0.1, 0.15) is 19.4 Å². The molecule has 44 heavy (non-hydrogen) atoms. The number of halogens is 1. The summed E-state index contributed by atoms with van der Waals surface area (Å²) in [6.07, 6.45) is 3.73. The number of methoxy groups -OCH3 is 2. The zero-order valence-electron chi connectivity index (χ0n) is 25.4. The van der Waals surface area contributed by atoms with Gasteiger partial charge in [-0.25, -0.2) is 4.98 Å². The number of hydrogen-bond donors (Lipinski definition) is 3. The first-order valence-corrected chi connectivity index (χ1v) is 14.1. The summed E-state index contributed by atoms with van der Waals surface area (Å²) in [5.41, 5.74) is 1.94. The molecular weight excluding hydrogens is 582 g/mol. The summed E-state index contributed by atoms with van der Waals surface area (Å²) in [6, 6.07) is 14.3. The van der Waals surface area contributed by atoms with Crippen molar-refractivity contribution in [3.63, 3.8) is 0 Å². The van der Waals surface area contributed by atoms with E-state index in [0.717, 1.165) is 5.56 Å². The van der Waals surface area contributed by atoms with E-state index in [-0.39, 0.29) is 16.2 Å². The highest BCUT2D eigenvalue weighted by molar-refractivity contribution is 6.35. The molecule has 0 saturated carbocycles. The number of anilines is 2. The van der Waals surface area contributed by atoms with Crippen molar-refractivity contribution < 1.29 is 14.3 Å². The maximum absolute atomic E-state index is 14.0. The molecule has 0 aliphatic heterocycles. The zero-order chi connectivity index (χ0) is 32.0. The van der Waals surface area contributed by atoms with Crippen LogP contribution >= 0.6 is 11.6 Å². The minimum atomic E-state index is -0.519. The molecule has 0 fully saturated rings. The molecule has 0 bridgehead atoms. The Hall–Kier alpha value is -4.92. The van der Waals surface area contributed by atoms with Crippen LogP contribution in [0.25, 0.3) is 22.2 Å². The molecule has 2 heterocycles. The number of nitrogens with one attached hydrogen (secondary N) is 3. The normalized spacial score (nSPS) is 11.6. The van der Waals surface area contributed by atoms with Crippen molar-refractivity contribution in [2.45, 2.75) is 32.4 Å². The van der Waals surface area contributed by atoms with Crippen LogP contribution < -0.4 is 31.0 Å². The lowest BCUT2D eigenvalue weighted by Crippen LogP contribution is -2.35. The van der Waals surface area contributed by atoms with E-state index in [9.17, 15) is 14.9 Å². The summed E-state index contributed by atoms with van der Waals surface area (Å²) >= 11 is 6.66. The van der Waals surface area contributed by atoms with E-state index in [1.807, 2.05) is 32.0 Å². The highest BCUT2D eigenvalue weighted by atomic mass is 35.5. The van der Waals surface area contributed by atoms with Crippen LogP contribution in [0.2, 0.25) is 5.02 Å². The minimum Gasteiger partial charge on any atom is -0.497 e. The van der Waals surface area contributed by atoms with E-state index in [0.29, 0.717) is 58.3 Å². The maximum Gasteiger partial charge on any atom is 0.266 e. The van der Waals surface area contributed by atoms with Crippen molar-refractivity contribution in [1.82, 2.24) is 19.9 Å². The average molecular weight is 616 g/mol. The van der Waals surface area contributed by atoms with E-state index in [1.54, 1.807) is 61.3 Å². The van der Waals surface area contributed by atoms with E-state index >= 15 is 0 Å². The number of aromatic nitrogens is 3. The topological polar surface area (TPSA) is 143 Å². The summed E-state index contributed by atoms with van der Waals surface area (Å²) < 4.78 is 12.4. The van der Waals surface area contributed by atoms with E-state index < -0.39 is 11.4 Å². The van der Waals surface area contributed by atoms with E-state index in [2.05, 4.69) is 25.9 Å². The third-order valence-electron chi connectivity index (χ3n) is 7.16. The third-order valence-corrected chi connectivity index (χ3v) is 7.55. The number of nitriles is 1. The van der Waals surface area contributed by atoms with Crippen LogP contribution in [0.4, 0.5) is 11.6 Å². The van der Waals surface area contributed by atoms with Gasteiger partial charge in [-0.2, -0.15) is 10.2 Å². The summed E-state index contributed by atoms with van der Waals surface area (Å²) in [5, 5.41) is 19.1. The number of pyridine rings is 1. The van der Waals surface area contributed by atoms with Gasteiger partial charge < -0.3 is 25.4 Å². The summed E-state index contributed by atoms with van der Waals surface area (Å²) in [4.78, 5) is 35.6. The number of carbonyl (C=O) groups is 1. The smallest absolute Gasteiger partial charge is 0.266 e. The molecule has 0 saturated heterocycles. The van der Waals surface area contributed by atoms with Crippen molar-refractivity contribution in [1.29, 1.82) is 5.26 Å². The lowest BCUT2D eigenvalue weighted by Gasteiger charge is -2.19. The Morgan fingerprint density at radius 2 is 1.84 bits per heavy atom. The van der Waals surface area contributed by atoms with Gasteiger partial charge in [-0.05, 0) is 63.2 Å². The molecule has 228 valence electrons. The first kappa shape index (κ1) is 32.0. The predicted molar refractivity (Wildman–Crippen MR) is 173 cm³/mol. The number of likely N-dealkylation sites (N-methyl/N-ethyl adjacent to an activating group) is 1. The van der Waals surface area contributed by atoms with Gasteiger partial charge in [-0.3, -0.25) is 14.2 Å². The Kier molecular flexibility index (Phi) is 9.88. The molecule has 11 nitrogen and oxygen atoms in total. The molecule has 0 radical (unpaired) electrons. The number of fused-ring (bicyclic) bond motifs is 1. The lowest BCUT2D eigenvalue weighted by molar-refractivity contribution is -0.112. The first-order chi connectivity index (χ1) is 21.0. The van der Waals surface area contributed by atoms with Gasteiger partial charge in [0.15, 0.2) is 0 Å². The van der Waals surface area contributed by atoms with Crippen LogP contribution in [0, 0.1) is 11.3 Å². The molecule has 3 N–H and O–H groups in total. The fraction of sp³-hybridized carbons (Fsp3) is 0.281. The molecule has 0 aliphatic rings. The highest BCUT2D eigenvalue weighted by Crippen LogP contribution is 2.38. The number of rotatable bonds is 11. The number of hydrogen-bond acceptors (Lipinski definition) is 9. The molecule has 12 heteroatoms. The molecule has 0 unspecified atom stereocenters. The Morgan fingerprint density at radius 3 is 2.45 bits per heavy atom. The largest absolute Gasteiger partial charge is 0.497 e.